The topological polar surface area (TPSA) is 59.8 Å². The Morgan fingerprint density at radius 1 is 1.33 bits per heavy atom. The number of hydrogen-bond acceptors (Lipinski definition) is 4. The first-order valence-electron chi connectivity index (χ1n) is 6.50. The number of benzene rings is 1. The largest absolute Gasteiger partial charge is 0.327 e. The Hall–Kier alpha value is -2.47. The molecule has 3 rings (SSSR count). The quantitative estimate of drug-likeness (QED) is 0.805. The lowest BCUT2D eigenvalue weighted by atomic mass is 10.3. The molecule has 0 fully saturated rings. The molecule has 3 aromatic rings. The molecule has 0 saturated carbocycles. The van der Waals surface area contributed by atoms with Crippen LogP contribution in [0.25, 0.3) is 10.7 Å². The predicted octanol–water partition coefficient (Wildman–Crippen LogP) is 2.95. The van der Waals surface area contributed by atoms with Gasteiger partial charge in [0.05, 0.1) is 6.33 Å². The summed E-state index contributed by atoms with van der Waals surface area (Å²) in [6.07, 6.45) is 3.49. The van der Waals surface area contributed by atoms with Crippen LogP contribution in [0.15, 0.2) is 48.2 Å². The number of thiazole rings is 1. The Balaban J connectivity index is 1.66. The third-order valence-corrected chi connectivity index (χ3v) is 3.84. The highest BCUT2D eigenvalue weighted by atomic mass is 32.1. The van der Waals surface area contributed by atoms with Crippen molar-refractivity contribution in [1.29, 1.82) is 0 Å². The molecule has 0 aliphatic rings. The first-order chi connectivity index (χ1) is 10.2. The summed E-state index contributed by atoms with van der Waals surface area (Å²) in [5.74, 6) is -0.0829. The number of anilines is 1. The molecule has 0 bridgehead atoms. The molecule has 1 N–H and O–H groups in total. The standard InChI is InChI=1S/C15H14N4OS/c1-11-9-21-15(17-11)13-7-19(10-16-13)8-14(20)18-12-5-3-2-4-6-12/h2-7,9-10H,8H2,1H3,(H,18,20). The van der Waals surface area contributed by atoms with E-state index >= 15 is 0 Å². The lowest BCUT2D eigenvalue weighted by Gasteiger charge is -2.04. The monoisotopic (exact) mass is 298 g/mol. The molecule has 0 aliphatic carbocycles. The van der Waals surface area contributed by atoms with Crippen molar-refractivity contribution in [3.63, 3.8) is 0 Å². The molecule has 0 spiro atoms. The molecule has 0 radical (unpaired) electrons. The molecular formula is C15H14N4OS. The number of nitrogens with zero attached hydrogens (tertiary/aromatic N) is 3. The van der Waals surface area contributed by atoms with E-state index in [-0.39, 0.29) is 12.5 Å². The van der Waals surface area contributed by atoms with Gasteiger partial charge in [-0.05, 0) is 19.1 Å². The molecule has 106 valence electrons. The van der Waals surface area contributed by atoms with Crippen LogP contribution in [0.3, 0.4) is 0 Å². The zero-order valence-electron chi connectivity index (χ0n) is 11.5. The molecule has 1 amide bonds. The molecule has 6 heteroatoms. The number of rotatable bonds is 4. The minimum Gasteiger partial charge on any atom is -0.327 e. The van der Waals surface area contributed by atoms with Gasteiger partial charge in [0.1, 0.15) is 17.2 Å². The third-order valence-electron chi connectivity index (χ3n) is 2.86. The third kappa shape index (κ3) is 3.35. The van der Waals surface area contributed by atoms with E-state index in [1.165, 1.54) is 0 Å². The van der Waals surface area contributed by atoms with E-state index in [0.717, 1.165) is 22.1 Å². The Morgan fingerprint density at radius 2 is 2.14 bits per heavy atom. The van der Waals surface area contributed by atoms with E-state index in [9.17, 15) is 4.79 Å². The van der Waals surface area contributed by atoms with Gasteiger partial charge in [0, 0.05) is 23.0 Å². The first-order valence-corrected chi connectivity index (χ1v) is 7.38. The number of para-hydroxylation sites is 1. The highest BCUT2D eigenvalue weighted by Crippen LogP contribution is 2.21. The van der Waals surface area contributed by atoms with Crippen molar-refractivity contribution in [3.8, 4) is 10.7 Å². The highest BCUT2D eigenvalue weighted by molar-refractivity contribution is 7.13. The second-order valence-corrected chi connectivity index (χ2v) is 5.50. The van der Waals surface area contributed by atoms with Crippen LogP contribution in [0, 0.1) is 6.92 Å². The van der Waals surface area contributed by atoms with Gasteiger partial charge >= 0.3 is 0 Å². The zero-order chi connectivity index (χ0) is 14.7. The molecule has 0 atom stereocenters. The maximum Gasteiger partial charge on any atom is 0.244 e. The molecule has 5 nitrogen and oxygen atoms in total. The van der Waals surface area contributed by atoms with Crippen molar-refractivity contribution < 1.29 is 4.79 Å². The number of imidazole rings is 1. The lowest BCUT2D eigenvalue weighted by molar-refractivity contribution is -0.116. The van der Waals surface area contributed by atoms with Gasteiger partial charge in [-0.3, -0.25) is 4.79 Å². The van der Waals surface area contributed by atoms with E-state index in [2.05, 4.69) is 15.3 Å². The van der Waals surface area contributed by atoms with Gasteiger partial charge in [0.25, 0.3) is 0 Å². The Morgan fingerprint density at radius 3 is 2.86 bits per heavy atom. The van der Waals surface area contributed by atoms with Crippen LogP contribution in [-0.2, 0) is 11.3 Å². The van der Waals surface area contributed by atoms with Crippen molar-refractivity contribution in [2.45, 2.75) is 13.5 Å². The van der Waals surface area contributed by atoms with E-state index in [4.69, 9.17) is 0 Å². The van der Waals surface area contributed by atoms with Crippen LogP contribution < -0.4 is 5.32 Å². The van der Waals surface area contributed by atoms with Crippen LogP contribution in [0.2, 0.25) is 0 Å². The molecule has 2 aromatic heterocycles. The Bertz CT molecular complexity index is 748. The summed E-state index contributed by atoms with van der Waals surface area (Å²) in [5, 5.41) is 5.70. The fourth-order valence-electron chi connectivity index (χ4n) is 1.92. The lowest BCUT2D eigenvalue weighted by Crippen LogP contribution is -2.17. The molecule has 2 heterocycles. The fraction of sp³-hybridized carbons (Fsp3) is 0.133. The number of amides is 1. The molecule has 1 aromatic carbocycles. The number of nitrogens with one attached hydrogen (secondary N) is 1. The second kappa shape index (κ2) is 5.88. The van der Waals surface area contributed by atoms with Gasteiger partial charge in [-0.1, -0.05) is 18.2 Å². The van der Waals surface area contributed by atoms with Crippen LogP contribution >= 0.6 is 11.3 Å². The van der Waals surface area contributed by atoms with Crippen molar-refractivity contribution in [1.82, 2.24) is 14.5 Å². The fourth-order valence-corrected chi connectivity index (χ4v) is 2.67. The summed E-state index contributed by atoms with van der Waals surface area (Å²) in [4.78, 5) is 20.6. The van der Waals surface area contributed by atoms with Gasteiger partial charge in [-0.25, -0.2) is 9.97 Å². The maximum absolute atomic E-state index is 12.0. The van der Waals surface area contributed by atoms with E-state index in [1.54, 1.807) is 22.2 Å². The molecule has 0 unspecified atom stereocenters. The van der Waals surface area contributed by atoms with E-state index < -0.39 is 0 Å². The summed E-state index contributed by atoms with van der Waals surface area (Å²) >= 11 is 1.55. The van der Waals surface area contributed by atoms with Crippen LogP contribution in [0.1, 0.15) is 5.69 Å². The molecule has 0 saturated heterocycles. The van der Waals surface area contributed by atoms with Crippen molar-refractivity contribution in [2.75, 3.05) is 5.32 Å². The second-order valence-electron chi connectivity index (χ2n) is 4.64. The summed E-state index contributed by atoms with van der Waals surface area (Å²) in [6, 6.07) is 9.39. The van der Waals surface area contributed by atoms with Crippen LogP contribution in [-0.4, -0.2) is 20.4 Å². The average molecular weight is 298 g/mol. The van der Waals surface area contributed by atoms with Gasteiger partial charge < -0.3 is 9.88 Å². The summed E-state index contributed by atoms with van der Waals surface area (Å²) in [7, 11) is 0. The SMILES string of the molecule is Cc1csc(-c2cn(CC(=O)Nc3ccccc3)cn2)n1. The molecular weight excluding hydrogens is 284 g/mol. The zero-order valence-corrected chi connectivity index (χ0v) is 12.3. The van der Waals surface area contributed by atoms with E-state index in [0.29, 0.717) is 0 Å². The molecule has 21 heavy (non-hydrogen) atoms. The number of aryl methyl sites for hydroxylation is 1. The van der Waals surface area contributed by atoms with Gasteiger partial charge in [0.15, 0.2) is 0 Å². The molecule has 0 aliphatic heterocycles. The highest BCUT2D eigenvalue weighted by Gasteiger charge is 2.08. The van der Waals surface area contributed by atoms with Crippen LogP contribution in [0.5, 0.6) is 0 Å². The number of carbonyl (C=O) groups is 1. The predicted molar refractivity (Wildman–Crippen MR) is 83.1 cm³/mol. The summed E-state index contributed by atoms with van der Waals surface area (Å²) in [6.45, 7) is 2.18. The van der Waals surface area contributed by atoms with E-state index in [1.807, 2.05) is 48.8 Å². The van der Waals surface area contributed by atoms with Gasteiger partial charge in [-0.15, -0.1) is 11.3 Å². The van der Waals surface area contributed by atoms with Crippen molar-refractivity contribution in [2.24, 2.45) is 0 Å². The first kappa shape index (κ1) is 13.5. The summed E-state index contributed by atoms with van der Waals surface area (Å²) < 4.78 is 1.75. The van der Waals surface area contributed by atoms with Crippen LogP contribution in [0.4, 0.5) is 5.69 Å². The number of aromatic nitrogens is 3. The minimum absolute atomic E-state index is 0.0829. The smallest absolute Gasteiger partial charge is 0.244 e. The summed E-state index contributed by atoms with van der Waals surface area (Å²) in [5.41, 5.74) is 2.56. The number of carbonyl (C=O) groups excluding carboxylic acids is 1. The Kier molecular flexibility index (Phi) is 3.79. The normalized spacial score (nSPS) is 10.5. The van der Waals surface area contributed by atoms with Crippen molar-refractivity contribution in [3.05, 3.63) is 53.9 Å². The number of hydrogen-bond donors (Lipinski definition) is 1. The minimum atomic E-state index is -0.0829. The van der Waals surface area contributed by atoms with Crippen molar-refractivity contribution >= 4 is 22.9 Å². The maximum atomic E-state index is 12.0. The average Bonchev–Trinajstić information content (AvgIpc) is 3.09. The van der Waals surface area contributed by atoms with Gasteiger partial charge in [-0.2, -0.15) is 0 Å². The Labute approximate surface area is 126 Å². The van der Waals surface area contributed by atoms with Gasteiger partial charge in [0.2, 0.25) is 5.91 Å².